The first kappa shape index (κ1) is 19.8. The van der Waals surface area contributed by atoms with E-state index < -0.39 is 0 Å². The standard InChI is InChI=1S/C22H20FNO3S/c1-2-26-17-9-11-18(12-10-17)27-21-6-4-3-5-20(21)24-22(25)15-28-19-13-7-16(23)8-14-19/h3-14H,2,15H2,1H3,(H,24,25). The predicted molar refractivity (Wildman–Crippen MR) is 110 cm³/mol. The van der Waals surface area contributed by atoms with E-state index in [1.807, 2.05) is 43.3 Å². The van der Waals surface area contributed by atoms with Crippen LogP contribution >= 0.6 is 11.8 Å². The van der Waals surface area contributed by atoms with Crippen LogP contribution < -0.4 is 14.8 Å². The van der Waals surface area contributed by atoms with E-state index in [9.17, 15) is 9.18 Å². The van der Waals surface area contributed by atoms with Gasteiger partial charge in [-0.1, -0.05) is 12.1 Å². The topological polar surface area (TPSA) is 47.6 Å². The van der Waals surface area contributed by atoms with E-state index in [4.69, 9.17) is 9.47 Å². The highest BCUT2D eigenvalue weighted by molar-refractivity contribution is 8.00. The Balaban J connectivity index is 1.61. The van der Waals surface area contributed by atoms with Crippen LogP contribution in [0.3, 0.4) is 0 Å². The van der Waals surface area contributed by atoms with E-state index in [1.54, 1.807) is 24.3 Å². The Morgan fingerprint density at radius 3 is 2.36 bits per heavy atom. The van der Waals surface area contributed by atoms with Gasteiger partial charge in [0.25, 0.3) is 0 Å². The minimum atomic E-state index is -0.297. The molecule has 0 spiro atoms. The van der Waals surface area contributed by atoms with Gasteiger partial charge in [0.05, 0.1) is 18.0 Å². The first-order valence-corrected chi connectivity index (χ1v) is 9.80. The van der Waals surface area contributed by atoms with Gasteiger partial charge in [-0.15, -0.1) is 11.8 Å². The van der Waals surface area contributed by atoms with Crippen molar-refractivity contribution in [3.8, 4) is 17.2 Å². The van der Waals surface area contributed by atoms with Crippen molar-refractivity contribution in [2.45, 2.75) is 11.8 Å². The molecule has 0 aromatic heterocycles. The van der Waals surface area contributed by atoms with Crippen LogP contribution in [0.2, 0.25) is 0 Å². The number of anilines is 1. The molecule has 0 radical (unpaired) electrons. The molecule has 0 fully saturated rings. The number of carbonyl (C=O) groups excluding carboxylic acids is 1. The Morgan fingerprint density at radius 1 is 0.964 bits per heavy atom. The molecule has 0 heterocycles. The molecule has 3 aromatic carbocycles. The monoisotopic (exact) mass is 397 g/mol. The van der Waals surface area contributed by atoms with E-state index in [0.717, 1.165) is 10.6 Å². The van der Waals surface area contributed by atoms with Gasteiger partial charge in [0.2, 0.25) is 5.91 Å². The minimum absolute atomic E-state index is 0.169. The Kier molecular flexibility index (Phi) is 6.92. The van der Waals surface area contributed by atoms with E-state index in [-0.39, 0.29) is 17.5 Å². The predicted octanol–water partition coefficient (Wildman–Crippen LogP) is 5.75. The molecule has 6 heteroatoms. The average molecular weight is 397 g/mol. The number of para-hydroxylation sites is 2. The minimum Gasteiger partial charge on any atom is -0.494 e. The number of carbonyl (C=O) groups is 1. The van der Waals surface area contributed by atoms with Crippen LogP contribution in [0.4, 0.5) is 10.1 Å². The molecule has 0 atom stereocenters. The molecular formula is C22H20FNO3S. The largest absolute Gasteiger partial charge is 0.494 e. The number of amides is 1. The summed E-state index contributed by atoms with van der Waals surface area (Å²) < 4.78 is 24.3. The summed E-state index contributed by atoms with van der Waals surface area (Å²) in [6, 6.07) is 20.6. The van der Waals surface area contributed by atoms with Crippen molar-refractivity contribution in [1.29, 1.82) is 0 Å². The number of nitrogens with one attached hydrogen (secondary N) is 1. The van der Waals surface area contributed by atoms with Crippen LogP contribution in [0.1, 0.15) is 6.92 Å². The lowest BCUT2D eigenvalue weighted by Crippen LogP contribution is -2.14. The molecule has 0 saturated heterocycles. The lowest BCUT2D eigenvalue weighted by atomic mass is 10.2. The average Bonchev–Trinajstić information content (AvgIpc) is 2.71. The normalized spacial score (nSPS) is 10.4. The molecule has 3 aromatic rings. The fraction of sp³-hybridized carbons (Fsp3) is 0.136. The number of halogens is 1. The summed E-state index contributed by atoms with van der Waals surface area (Å²) in [7, 11) is 0. The summed E-state index contributed by atoms with van der Waals surface area (Å²) in [5.41, 5.74) is 0.584. The highest BCUT2D eigenvalue weighted by atomic mass is 32.2. The fourth-order valence-corrected chi connectivity index (χ4v) is 3.12. The zero-order valence-electron chi connectivity index (χ0n) is 15.4. The van der Waals surface area contributed by atoms with Crippen molar-refractivity contribution in [1.82, 2.24) is 0 Å². The van der Waals surface area contributed by atoms with Gasteiger partial charge < -0.3 is 14.8 Å². The van der Waals surface area contributed by atoms with E-state index in [1.165, 1.54) is 23.9 Å². The maximum Gasteiger partial charge on any atom is 0.234 e. The molecule has 144 valence electrons. The molecule has 28 heavy (non-hydrogen) atoms. The van der Waals surface area contributed by atoms with Crippen molar-refractivity contribution in [3.63, 3.8) is 0 Å². The second kappa shape index (κ2) is 9.80. The first-order valence-electron chi connectivity index (χ1n) is 8.82. The van der Waals surface area contributed by atoms with Crippen molar-refractivity contribution >= 4 is 23.4 Å². The molecule has 0 bridgehead atoms. The highest BCUT2D eigenvalue weighted by Crippen LogP contribution is 2.30. The molecule has 0 unspecified atom stereocenters. The second-order valence-electron chi connectivity index (χ2n) is 5.79. The summed E-state index contributed by atoms with van der Waals surface area (Å²) in [5.74, 6) is 1.71. The Morgan fingerprint density at radius 2 is 1.64 bits per heavy atom. The number of thioether (sulfide) groups is 1. The molecule has 1 amide bonds. The van der Waals surface area contributed by atoms with Crippen molar-refractivity contribution < 1.29 is 18.7 Å². The lowest BCUT2D eigenvalue weighted by Gasteiger charge is -2.12. The molecule has 0 aliphatic carbocycles. The summed E-state index contributed by atoms with van der Waals surface area (Å²) in [4.78, 5) is 13.1. The number of ether oxygens (including phenoxy) is 2. The summed E-state index contributed by atoms with van der Waals surface area (Å²) >= 11 is 1.34. The SMILES string of the molecule is CCOc1ccc(Oc2ccccc2NC(=O)CSc2ccc(F)cc2)cc1. The van der Waals surface area contributed by atoms with E-state index in [0.29, 0.717) is 23.8 Å². The Bertz CT molecular complexity index is 914. The quantitative estimate of drug-likeness (QED) is 0.492. The number of hydrogen-bond acceptors (Lipinski definition) is 4. The molecular weight excluding hydrogens is 377 g/mol. The lowest BCUT2D eigenvalue weighted by molar-refractivity contribution is -0.113. The third-order valence-corrected chi connectivity index (χ3v) is 4.72. The van der Waals surface area contributed by atoms with Crippen LogP contribution in [0.5, 0.6) is 17.2 Å². The van der Waals surface area contributed by atoms with Gasteiger partial charge in [0, 0.05) is 4.90 Å². The molecule has 0 aliphatic rings. The zero-order valence-corrected chi connectivity index (χ0v) is 16.2. The van der Waals surface area contributed by atoms with Crippen molar-refractivity contribution in [2.24, 2.45) is 0 Å². The summed E-state index contributed by atoms with van der Waals surface area (Å²) in [5, 5.41) is 2.86. The second-order valence-corrected chi connectivity index (χ2v) is 6.84. The van der Waals surface area contributed by atoms with E-state index >= 15 is 0 Å². The Labute approximate surface area is 167 Å². The van der Waals surface area contributed by atoms with E-state index in [2.05, 4.69) is 5.32 Å². The summed E-state index contributed by atoms with van der Waals surface area (Å²) in [6.07, 6.45) is 0. The number of benzene rings is 3. The van der Waals surface area contributed by atoms with Gasteiger partial charge in [-0.25, -0.2) is 4.39 Å². The van der Waals surface area contributed by atoms with Crippen LogP contribution in [0.15, 0.2) is 77.7 Å². The number of hydrogen-bond donors (Lipinski definition) is 1. The van der Waals surface area contributed by atoms with Crippen molar-refractivity contribution in [2.75, 3.05) is 17.7 Å². The van der Waals surface area contributed by atoms with Crippen molar-refractivity contribution in [3.05, 3.63) is 78.6 Å². The maximum absolute atomic E-state index is 12.9. The molecule has 0 aliphatic heterocycles. The van der Waals surface area contributed by atoms with Gasteiger partial charge in [0.15, 0.2) is 5.75 Å². The summed E-state index contributed by atoms with van der Waals surface area (Å²) in [6.45, 7) is 2.53. The van der Waals surface area contributed by atoms with Gasteiger partial charge in [0.1, 0.15) is 17.3 Å². The maximum atomic E-state index is 12.9. The van der Waals surface area contributed by atoms with Gasteiger partial charge in [-0.2, -0.15) is 0 Å². The highest BCUT2D eigenvalue weighted by Gasteiger charge is 2.09. The first-order chi connectivity index (χ1) is 13.6. The van der Waals surface area contributed by atoms with Gasteiger partial charge in [-0.3, -0.25) is 4.79 Å². The third kappa shape index (κ3) is 5.76. The molecule has 3 rings (SSSR count). The van der Waals surface area contributed by atoms with Crippen LogP contribution in [-0.2, 0) is 4.79 Å². The van der Waals surface area contributed by atoms with Crippen LogP contribution in [0, 0.1) is 5.82 Å². The van der Waals surface area contributed by atoms with Gasteiger partial charge in [-0.05, 0) is 67.6 Å². The fourth-order valence-electron chi connectivity index (χ4n) is 2.42. The third-order valence-electron chi connectivity index (χ3n) is 3.71. The number of rotatable bonds is 8. The van der Waals surface area contributed by atoms with Gasteiger partial charge >= 0.3 is 0 Å². The molecule has 0 saturated carbocycles. The van der Waals surface area contributed by atoms with Crippen LogP contribution in [-0.4, -0.2) is 18.3 Å². The Hall–Kier alpha value is -2.99. The molecule has 4 nitrogen and oxygen atoms in total. The van der Waals surface area contributed by atoms with Crippen LogP contribution in [0.25, 0.3) is 0 Å². The zero-order chi connectivity index (χ0) is 19.8. The smallest absolute Gasteiger partial charge is 0.234 e. The molecule has 1 N–H and O–H groups in total.